The number of rotatable bonds is 33. The lowest BCUT2D eigenvalue weighted by molar-refractivity contribution is -0.167. The molecule has 0 saturated heterocycles. The molecule has 44 heavy (non-hydrogen) atoms. The van der Waals surface area contributed by atoms with Crippen molar-refractivity contribution in [3.8, 4) is 0 Å². The molecule has 0 aromatic heterocycles. The first-order valence-electron chi connectivity index (χ1n) is 18.9. The SMILES string of the molecule is CCCCCCCCCCCCCC(=O)O[C@@H](COC(=O)CCCCCCC)COC(=O)CCCCCCCCCC(C)C. The molecule has 0 heterocycles. The Balaban J connectivity index is 4.29. The fourth-order valence-electron chi connectivity index (χ4n) is 5.39. The smallest absolute Gasteiger partial charge is 0.306 e. The van der Waals surface area contributed by atoms with Gasteiger partial charge in [0.2, 0.25) is 0 Å². The molecule has 0 bridgehead atoms. The van der Waals surface area contributed by atoms with E-state index in [1.807, 2.05) is 0 Å². The Bertz CT molecular complexity index is 662. The van der Waals surface area contributed by atoms with Gasteiger partial charge in [-0.2, -0.15) is 0 Å². The van der Waals surface area contributed by atoms with Crippen molar-refractivity contribution in [1.82, 2.24) is 0 Å². The second kappa shape index (κ2) is 32.8. The Morgan fingerprint density at radius 3 is 1.11 bits per heavy atom. The quantitative estimate of drug-likeness (QED) is 0.0410. The Labute approximate surface area is 272 Å². The average molecular weight is 625 g/mol. The molecule has 0 fully saturated rings. The highest BCUT2D eigenvalue weighted by atomic mass is 16.6. The largest absolute Gasteiger partial charge is 0.462 e. The molecule has 0 unspecified atom stereocenters. The molecular weight excluding hydrogens is 552 g/mol. The van der Waals surface area contributed by atoms with Gasteiger partial charge >= 0.3 is 17.9 Å². The molecule has 0 aliphatic heterocycles. The summed E-state index contributed by atoms with van der Waals surface area (Å²) < 4.78 is 16.5. The molecule has 260 valence electrons. The van der Waals surface area contributed by atoms with E-state index in [2.05, 4.69) is 27.7 Å². The lowest BCUT2D eigenvalue weighted by Gasteiger charge is -2.18. The van der Waals surface area contributed by atoms with Crippen LogP contribution in [0.4, 0.5) is 0 Å². The van der Waals surface area contributed by atoms with E-state index in [0.717, 1.165) is 70.1 Å². The van der Waals surface area contributed by atoms with Gasteiger partial charge in [-0.3, -0.25) is 14.4 Å². The van der Waals surface area contributed by atoms with Crippen molar-refractivity contribution in [3.63, 3.8) is 0 Å². The molecular formula is C38H72O6. The van der Waals surface area contributed by atoms with Gasteiger partial charge in [-0.05, 0) is 25.2 Å². The number of unbranched alkanes of at least 4 members (excludes halogenated alkanes) is 20. The highest BCUT2D eigenvalue weighted by Crippen LogP contribution is 2.15. The third-order valence-electron chi connectivity index (χ3n) is 8.29. The normalized spacial score (nSPS) is 11.9. The van der Waals surface area contributed by atoms with Gasteiger partial charge in [0.1, 0.15) is 13.2 Å². The summed E-state index contributed by atoms with van der Waals surface area (Å²) in [5.74, 6) is -0.101. The first-order valence-corrected chi connectivity index (χ1v) is 18.9. The molecule has 0 radical (unpaired) electrons. The van der Waals surface area contributed by atoms with Gasteiger partial charge in [0.25, 0.3) is 0 Å². The van der Waals surface area contributed by atoms with Crippen molar-refractivity contribution in [2.75, 3.05) is 13.2 Å². The molecule has 0 amide bonds. The first kappa shape index (κ1) is 42.4. The minimum absolute atomic E-state index is 0.0670. The summed E-state index contributed by atoms with van der Waals surface area (Å²) in [6.45, 7) is 8.82. The van der Waals surface area contributed by atoms with Gasteiger partial charge in [0, 0.05) is 19.3 Å². The van der Waals surface area contributed by atoms with Gasteiger partial charge in [0.05, 0.1) is 0 Å². The lowest BCUT2D eigenvalue weighted by Crippen LogP contribution is -2.30. The lowest BCUT2D eigenvalue weighted by atomic mass is 10.0. The average Bonchev–Trinajstić information content (AvgIpc) is 3.00. The Morgan fingerprint density at radius 2 is 0.750 bits per heavy atom. The number of ether oxygens (including phenoxy) is 3. The van der Waals surface area contributed by atoms with Gasteiger partial charge in [-0.1, -0.05) is 163 Å². The first-order chi connectivity index (χ1) is 21.4. The van der Waals surface area contributed by atoms with Crippen LogP contribution >= 0.6 is 0 Å². The second-order valence-corrected chi connectivity index (χ2v) is 13.3. The van der Waals surface area contributed by atoms with Crippen LogP contribution in [0, 0.1) is 5.92 Å². The van der Waals surface area contributed by atoms with Gasteiger partial charge in [-0.15, -0.1) is 0 Å². The van der Waals surface area contributed by atoms with Crippen LogP contribution in [0.5, 0.6) is 0 Å². The van der Waals surface area contributed by atoms with Crippen LogP contribution in [0.25, 0.3) is 0 Å². The maximum atomic E-state index is 12.5. The summed E-state index contributed by atoms with van der Waals surface area (Å²) in [7, 11) is 0. The van der Waals surface area contributed by atoms with E-state index in [-0.39, 0.29) is 31.1 Å². The summed E-state index contributed by atoms with van der Waals surface area (Å²) in [4.78, 5) is 37.1. The molecule has 0 rings (SSSR count). The highest BCUT2D eigenvalue weighted by Gasteiger charge is 2.19. The summed E-state index contributed by atoms with van der Waals surface area (Å²) in [5, 5.41) is 0. The van der Waals surface area contributed by atoms with E-state index in [9.17, 15) is 14.4 Å². The van der Waals surface area contributed by atoms with E-state index >= 15 is 0 Å². The number of carbonyl (C=O) groups excluding carboxylic acids is 3. The minimum atomic E-state index is -0.756. The number of esters is 3. The van der Waals surface area contributed by atoms with Crippen molar-refractivity contribution < 1.29 is 28.6 Å². The zero-order valence-corrected chi connectivity index (χ0v) is 29.6. The van der Waals surface area contributed by atoms with Crippen molar-refractivity contribution >= 4 is 17.9 Å². The van der Waals surface area contributed by atoms with Crippen LogP contribution in [-0.2, 0) is 28.6 Å². The van der Waals surface area contributed by atoms with Crippen molar-refractivity contribution in [3.05, 3.63) is 0 Å². The van der Waals surface area contributed by atoms with Crippen LogP contribution in [0.3, 0.4) is 0 Å². The van der Waals surface area contributed by atoms with Crippen LogP contribution in [0.1, 0.15) is 201 Å². The van der Waals surface area contributed by atoms with E-state index in [4.69, 9.17) is 14.2 Å². The van der Waals surface area contributed by atoms with E-state index < -0.39 is 6.10 Å². The molecule has 6 heteroatoms. The molecule has 0 aliphatic carbocycles. The molecule has 0 spiro atoms. The van der Waals surface area contributed by atoms with Crippen LogP contribution < -0.4 is 0 Å². The van der Waals surface area contributed by atoms with Crippen LogP contribution in [0.2, 0.25) is 0 Å². The number of hydrogen-bond donors (Lipinski definition) is 0. The minimum Gasteiger partial charge on any atom is -0.462 e. The third kappa shape index (κ3) is 31.8. The van der Waals surface area contributed by atoms with Gasteiger partial charge in [0.15, 0.2) is 6.10 Å². The Kier molecular flexibility index (Phi) is 31.6. The molecule has 0 N–H and O–H groups in total. The fraction of sp³-hybridized carbons (Fsp3) is 0.921. The molecule has 0 saturated carbocycles. The van der Waals surface area contributed by atoms with Crippen molar-refractivity contribution in [2.45, 2.75) is 207 Å². The van der Waals surface area contributed by atoms with Crippen molar-refractivity contribution in [2.24, 2.45) is 5.92 Å². The maximum absolute atomic E-state index is 12.5. The number of hydrogen-bond acceptors (Lipinski definition) is 6. The molecule has 0 aromatic rings. The summed E-state index contributed by atoms with van der Waals surface area (Å²) in [6.07, 6.45) is 28.3. The zero-order valence-electron chi connectivity index (χ0n) is 29.6. The molecule has 1 atom stereocenters. The van der Waals surface area contributed by atoms with E-state index in [1.165, 1.54) is 89.9 Å². The van der Waals surface area contributed by atoms with Crippen LogP contribution in [-0.4, -0.2) is 37.2 Å². The summed E-state index contributed by atoms with van der Waals surface area (Å²) >= 11 is 0. The predicted octanol–water partition coefficient (Wildman–Crippen LogP) is 11.2. The Morgan fingerprint density at radius 1 is 0.432 bits per heavy atom. The Hall–Kier alpha value is -1.59. The molecule has 6 nitrogen and oxygen atoms in total. The predicted molar refractivity (Wildman–Crippen MR) is 183 cm³/mol. The van der Waals surface area contributed by atoms with Gasteiger partial charge in [-0.25, -0.2) is 0 Å². The van der Waals surface area contributed by atoms with Gasteiger partial charge < -0.3 is 14.2 Å². The monoisotopic (exact) mass is 625 g/mol. The molecule has 0 aromatic carbocycles. The highest BCUT2D eigenvalue weighted by molar-refractivity contribution is 5.71. The van der Waals surface area contributed by atoms with E-state index in [1.54, 1.807) is 0 Å². The molecule has 0 aliphatic rings. The second-order valence-electron chi connectivity index (χ2n) is 13.3. The summed E-state index contributed by atoms with van der Waals surface area (Å²) in [5.41, 5.74) is 0. The van der Waals surface area contributed by atoms with Crippen LogP contribution in [0.15, 0.2) is 0 Å². The fourth-order valence-corrected chi connectivity index (χ4v) is 5.39. The van der Waals surface area contributed by atoms with Crippen molar-refractivity contribution in [1.29, 1.82) is 0 Å². The summed E-state index contributed by atoms with van der Waals surface area (Å²) in [6, 6.07) is 0. The maximum Gasteiger partial charge on any atom is 0.306 e. The standard InChI is InChI=1S/C38H72O6/c1-5-7-9-11-12-13-14-15-18-23-27-31-38(41)44-35(32-42-36(39)29-25-20-10-8-6-2)33-43-37(40)30-26-22-19-16-17-21-24-28-34(3)4/h34-35H,5-33H2,1-4H3/t35-/m0/s1. The topological polar surface area (TPSA) is 78.9 Å². The number of carbonyl (C=O) groups is 3. The third-order valence-corrected chi connectivity index (χ3v) is 8.29. The zero-order chi connectivity index (χ0) is 32.5. The van der Waals surface area contributed by atoms with E-state index in [0.29, 0.717) is 19.3 Å².